The van der Waals surface area contributed by atoms with Gasteiger partial charge in [0.2, 0.25) is 5.91 Å². The molecule has 0 radical (unpaired) electrons. The number of halogens is 2. The van der Waals surface area contributed by atoms with Crippen LogP contribution in [0.25, 0.3) is 0 Å². The van der Waals surface area contributed by atoms with Crippen LogP contribution in [0.3, 0.4) is 0 Å². The lowest BCUT2D eigenvalue weighted by atomic mass is 10.2. The molecule has 0 aliphatic rings. The quantitative estimate of drug-likeness (QED) is 0.483. The van der Waals surface area contributed by atoms with E-state index in [-0.39, 0.29) is 21.4 Å². The number of benzene rings is 3. The monoisotopic (exact) mass is 494 g/mol. The van der Waals surface area contributed by atoms with Gasteiger partial charge in [-0.3, -0.25) is 9.10 Å². The summed E-state index contributed by atoms with van der Waals surface area (Å²) >= 11 is 11.9. The molecule has 0 atom stereocenters. The summed E-state index contributed by atoms with van der Waals surface area (Å²) in [6.07, 6.45) is 0. The highest BCUT2D eigenvalue weighted by Gasteiger charge is 2.30. The first kappa shape index (κ1) is 23.7. The fourth-order valence-corrected chi connectivity index (χ4v) is 4.66. The van der Waals surface area contributed by atoms with E-state index in [1.807, 2.05) is 0 Å². The van der Waals surface area contributed by atoms with Gasteiger partial charge in [0.15, 0.2) is 0 Å². The summed E-state index contributed by atoms with van der Waals surface area (Å²) in [7, 11) is -1.26. The molecule has 0 aliphatic carbocycles. The van der Waals surface area contributed by atoms with Crippen LogP contribution in [0.2, 0.25) is 10.0 Å². The number of hydrogen-bond acceptors (Lipinski definition) is 5. The van der Waals surface area contributed by atoms with E-state index in [1.54, 1.807) is 36.4 Å². The Labute approximate surface area is 196 Å². The Morgan fingerprint density at radius 3 is 2.28 bits per heavy atom. The van der Waals surface area contributed by atoms with Gasteiger partial charge in [-0.05, 0) is 42.5 Å². The maximum Gasteiger partial charge on any atom is 0.264 e. The van der Waals surface area contributed by atoms with Gasteiger partial charge < -0.3 is 14.8 Å². The number of nitrogens with zero attached hydrogens (tertiary/aromatic N) is 1. The zero-order valence-corrected chi connectivity index (χ0v) is 19.5. The topological polar surface area (TPSA) is 84.9 Å². The number of carbonyl (C=O) groups excluding carboxylic acids is 1. The van der Waals surface area contributed by atoms with Crippen LogP contribution in [-0.2, 0) is 14.8 Å². The predicted octanol–water partition coefficient (Wildman–Crippen LogP) is 4.84. The van der Waals surface area contributed by atoms with E-state index in [2.05, 4.69) is 5.32 Å². The molecule has 0 aliphatic heterocycles. The standard InChI is InChI=1S/C22H20Cl2N2O5S/c1-30-16-9-11-21(31-2)20(13-16)26(32(28,29)17-6-4-3-5-7-17)14-22(27)25-15-8-10-18(23)19(24)12-15/h3-13H,14H2,1-2H3,(H,25,27). The lowest BCUT2D eigenvalue weighted by Crippen LogP contribution is -2.38. The number of methoxy groups -OCH3 is 2. The fourth-order valence-electron chi connectivity index (χ4n) is 2.92. The van der Waals surface area contributed by atoms with Crippen molar-refractivity contribution in [3.63, 3.8) is 0 Å². The fraction of sp³-hybridized carbons (Fsp3) is 0.136. The Bertz CT molecular complexity index is 1220. The summed E-state index contributed by atoms with van der Waals surface area (Å²) in [5.41, 5.74) is 0.527. The number of nitrogens with one attached hydrogen (secondary N) is 1. The van der Waals surface area contributed by atoms with Gasteiger partial charge in [0, 0.05) is 11.8 Å². The normalized spacial score (nSPS) is 11.0. The van der Waals surface area contributed by atoms with Crippen LogP contribution >= 0.6 is 23.2 Å². The van der Waals surface area contributed by atoms with Crippen molar-refractivity contribution < 1.29 is 22.7 Å². The lowest BCUT2D eigenvalue weighted by Gasteiger charge is -2.26. The molecule has 32 heavy (non-hydrogen) atoms. The minimum Gasteiger partial charge on any atom is -0.497 e. The van der Waals surface area contributed by atoms with Crippen molar-refractivity contribution in [1.82, 2.24) is 0 Å². The van der Waals surface area contributed by atoms with E-state index in [9.17, 15) is 13.2 Å². The van der Waals surface area contributed by atoms with Crippen LogP contribution in [0, 0.1) is 0 Å². The van der Waals surface area contributed by atoms with Crippen LogP contribution in [0.5, 0.6) is 11.5 Å². The molecule has 3 aromatic rings. The van der Waals surface area contributed by atoms with Gasteiger partial charge in [0.05, 0.1) is 34.8 Å². The van der Waals surface area contributed by atoms with Crippen molar-refractivity contribution in [1.29, 1.82) is 0 Å². The summed E-state index contributed by atoms with van der Waals surface area (Å²) in [5, 5.41) is 3.23. The maximum atomic E-state index is 13.5. The zero-order chi connectivity index (χ0) is 23.3. The average Bonchev–Trinajstić information content (AvgIpc) is 2.80. The molecular weight excluding hydrogens is 475 g/mol. The van der Waals surface area contributed by atoms with Gasteiger partial charge in [-0.2, -0.15) is 0 Å². The summed E-state index contributed by atoms with van der Waals surface area (Å²) in [6.45, 7) is -0.527. The Hall–Kier alpha value is -2.94. The van der Waals surface area contributed by atoms with E-state index in [1.165, 1.54) is 44.6 Å². The number of amides is 1. The molecule has 7 nitrogen and oxygen atoms in total. The Kier molecular flexibility index (Phi) is 7.50. The number of ether oxygens (including phenoxy) is 2. The highest BCUT2D eigenvalue weighted by molar-refractivity contribution is 7.92. The third-order valence-electron chi connectivity index (χ3n) is 4.48. The molecule has 1 N–H and O–H groups in total. The van der Waals surface area contributed by atoms with Crippen LogP contribution in [0.1, 0.15) is 0 Å². The first-order valence-electron chi connectivity index (χ1n) is 9.31. The van der Waals surface area contributed by atoms with Gasteiger partial charge in [-0.1, -0.05) is 41.4 Å². The van der Waals surface area contributed by atoms with Gasteiger partial charge in [0.1, 0.15) is 18.0 Å². The van der Waals surface area contributed by atoms with Crippen LogP contribution in [0.4, 0.5) is 11.4 Å². The highest BCUT2D eigenvalue weighted by atomic mass is 35.5. The van der Waals surface area contributed by atoms with Gasteiger partial charge in [-0.15, -0.1) is 0 Å². The van der Waals surface area contributed by atoms with Crippen molar-refractivity contribution in [3.8, 4) is 11.5 Å². The number of sulfonamides is 1. The minimum absolute atomic E-state index is 0.0206. The van der Waals surface area contributed by atoms with E-state index >= 15 is 0 Å². The van der Waals surface area contributed by atoms with Crippen LogP contribution in [-0.4, -0.2) is 35.1 Å². The Balaban J connectivity index is 2.03. The van der Waals surface area contributed by atoms with Crippen molar-refractivity contribution in [2.45, 2.75) is 4.90 Å². The smallest absolute Gasteiger partial charge is 0.264 e. The van der Waals surface area contributed by atoms with E-state index in [0.29, 0.717) is 16.5 Å². The Morgan fingerprint density at radius 1 is 0.938 bits per heavy atom. The highest BCUT2D eigenvalue weighted by Crippen LogP contribution is 2.35. The molecule has 0 bridgehead atoms. The van der Waals surface area contributed by atoms with Crippen LogP contribution < -0.4 is 19.1 Å². The Morgan fingerprint density at radius 2 is 1.66 bits per heavy atom. The molecule has 0 saturated heterocycles. The third-order valence-corrected chi connectivity index (χ3v) is 6.99. The van der Waals surface area contributed by atoms with Crippen LogP contribution in [0.15, 0.2) is 71.6 Å². The number of hydrogen-bond donors (Lipinski definition) is 1. The molecule has 0 aromatic heterocycles. The van der Waals surface area contributed by atoms with Crippen molar-refractivity contribution in [2.24, 2.45) is 0 Å². The van der Waals surface area contributed by atoms with Crippen molar-refractivity contribution in [2.75, 3.05) is 30.4 Å². The number of anilines is 2. The second-order valence-electron chi connectivity index (χ2n) is 6.54. The zero-order valence-electron chi connectivity index (χ0n) is 17.2. The van der Waals surface area contributed by atoms with Gasteiger partial charge in [-0.25, -0.2) is 8.42 Å². The van der Waals surface area contributed by atoms with Gasteiger partial charge >= 0.3 is 0 Å². The summed E-state index contributed by atoms with van der Waals surface area (Å²) in [5.74, 6) is 0.0689. The average molecular weight is 495 g/mol. The van der Waals surface area contributed by atoms with Crippen molar-refractivity contribution >= 4 is 50.5 Å². The largest absolute Gasteiger partial charge is 0.497 e. The molecular formula is C22H20Cl2N2O5S. The molecule has 10 heteroatoms. The molecule has 0 spiro atoms. The van der Waals surface area contributed by atoms with E-state index in [4.69, 9.17) is 32.7 Å². The van der Waals surface area contributed by atoms with Gasteiger partial charge in [0.25, 0.3) is 10.0 Å². The second kappa shape index (κ2) is 10.1. The first-order valence-corrected chi connectivity index (χ1v) is 11.5. The molecule has 0 saturated carbocycles. The first-order chi connectivity index (χ1) is 15.3. The maximum absolute atomic E-state index is 13.5. The molecule has 3 rings (SSSR count). The molecule has 0 heterocycles. The van der Waals surface area contributed by atoms with Crippen molar-refractivity contribution in [3.05, 3.63) is 76.8 Å². The summed E-state index contributed by atoms with van der Waals surface area (Å²) in [4.78, 5) is 12.9. The number of rotatable bonds is 8. The summed E-state index contributed by atoms with van der Waals surface area (Å²) < 4.78 is 38.6. The second-order valence-corrected chi connectivity index (χ2v) is 9.22. The number of carbonyl (C=O) groups is 1. The lowest BCUT2D eigenvalue weighted by molar-refractivity contribution is -0.114. The summed E-state index contributed by atoms with van der Waals surface area (Å²) in [6, 6.07) is 17.1. The molecule has 0 fully saturated rings. The molecule has 3 aromatic carbocycles. The van der Waals surface area contributed by atoms with E-state index < -0.39 is 22.5 Å². The molecule has 1 amide bonds. The minimum atomic E-state index is -4.12. The third kappa shape index (κ3) is 5.27. The SMILES string of the molecule is COc1ccc(OC)c(N(CC(=O)Nc2ccc(Cl)c(Cl)c2)S(=O)(=O)c2ccccc2)c1. The molecule has 0 unspecified atom stereocenters. The van der Waals surface area contributed by atoms with E-state index in [0.717, 1.165) is 4.31 Å². The predicted molar refractivity (Wildman–Crippen MR) is 126 cm³/mol. The molecule has 168 valence electrons.